The van der Waals surface area contributed by atoms with Gasteiger partial charge >= 0.3 is 5.97 Å². The van der Waals surface area contributed by atoms with Crippen LogP contribution in [0.25, 0.3) is 28.5 Å². The molecule has 0 saturated carbocycles. The van der Waals surface area contributed by atoms with Crippen LogP contribution in [0.3, 0.4) is 0 Å². The molecule has 0 atom stereocenters. The van der Waals surface area contributed by atoms with Crippen LogP contribution in [0.15, 0.2) is 29.1 Å². The third-order valence-corrected chi connectivity index (χ3v) is 4.51. The molecule has 0 fully saturated rings. The number of aromatic amines is 1. The summed E-state index contributed by atoms with van der Waals surface area (Å²) < 4.78 is 12.2. The van der Waals surface area contributed by atoms with Crippen LogP contribution in [-0.4, -0.2) is 38.9 Å². The molecule has 1 aromatic carbocycles. The van der Waals surface area contributed by atoms with Crippen molar-refractivity contribution in [2.75, 3.05) is 13.2 Å². The van der Waals surface area contributed by atoms with Crippen molar-refractivity contribution in [3.05, 3.63) is 45.9 Å². The van der Waals surface area contributed by atoms with Crippen LogP contribution in [0, 0.1) is 0 Å². The lowest BCUT2D eigenvalue weighted by Gasteiger charge is -2.11. The van der Waals surface area contributed by atoms with Gasteiger partial charge in [0.05, 0.1) is 24.5 Å². The van der Waals surface area contributed by atoms with Gasteiger partial charge in [0.25, 0.3) is 5.56 Å². The van der Waals surface area contributed by atoms with Crippen LogP contribution in [-0.2, 0) is 23.0 Å². The van der Waals surface area contributed by atoms with Crippen LogP contribution >= 0.6 is 0 Å². The molecule has 8 nitrogen and oxygen atoms in total. The van der Waals surface area contributed by atoms with E-state index >= 15 is 0 Å². The molecule has 0 aliphatic carbocycles. The number of ether oxygens (including phenoxy) is 2. The molecule has 3 aromatic rings. The fraction of sp³-hybridized carbons (Fsp3) is 0.364. The summed E-state index contributed by atoms with van der Waals surface area (Å²) in [5, 5.41) is 4.46. The second kappa shape index (κ2) is 9.39. The van der Waals surface area contributed by atoms with Gasteiger partial charge in [-0.25, -0.2) is 9.78 Å². The van der Waals surface area contributed by atoms with Gasteiger partial charge in [0.2, 0.25) is 0 Å². The summed E-state index contributed by atoms with van der Waals surface area (Å²) >= 11 is 0. The molecule has 0 bridgehead atoms. The number of esters is 1. The van der Waals surface area contributed by atoms with Crippen LogP contribution in [0.4, 0.5) is 0 Å². The second-order valence-corrected chi connectivity index (χ2v) is 6.71. The third kappa shape index (κ3) is 4.42. The zero-order valence-corrected chi connectivity index (χ0v) is 17.7. The molecule has 2 heterocycles. The largest absolute Gasteiger partial charge is 0.493 e. The Kier molecular flexibility index (Phi) is 6.66. The van der Waals surface area contributed by atoms with Crippen molar-refractivity contribution in [1.29, 1.82) is 0 Å². The van der Waals surface area contributed by atoms with E-state index < -0.39 is 5.97 Å². The first-order valence-electron chi connectivity index (χ1n) is 10.1. The van der Waals surface area contributed by atoms with Gasteiger partial charge in [-0.15, -0.1) is 0 Å². The van der Waals surface area contributed by atoms with E-state index in [4.69, 9.17) is 14.5 Å². The first kappa shape index (κ1) is 21.3. The summed E-state index contributed by atoms with van der Waals surface area (Å²) in [5.74, 6) is 0.572. The Hall–Kier alpha value is -3.42. The average molecular weight is 410 g/mol. The lowest BCUT2D eigenvalue weighted by Crippen LogP contribution is -2.12. The highest BCUT2D eigenvalue weighted by atomic mass is 16.5. The monoisotopic (exact) mass is 410 g/mol. The molecule has 0 saturated heterocycles. The molecule has 0 aliphatic rings. The fourth-order valence-corrected chi connectivity index (χ4v) is 3.25. The summed E-state index contributed by atoms with van der Waals surface area (Å²) in [7, 11) is 1.74. The van der Waals surface area contributed by atoms with E-state index in [-0.39, 0.29) is 5.56 Å². The van der Waals surface area contributed by atoms with Crippen LogP contribution in [0.5, 0.6) is 5.75 Å². The maximum absolute atomic E-state index is 12.8. The molecule has 1 N–H and O–H groups in total. The van der Waals surface area contributed by atoms with Crippen molar-refractivity contribution in [2.24, 2.45) is 7.05 Å². The van der Waals surface area contributed by atoms with Gasteiger partial charge in [0, 0.05) is 13.1 Å². The number of benzene rings is 1. The van der Waals surface area contributed by atoms with Gasteiger partial charge in [-0.1, -0.05) is 19.4 Å². The number of hydrogen-bond acceptors (Lipinski definition) is 6. The molecular formula is C22H26N4O4. The second-order valence-electron chi connectivity index (χ2n) is 6.71. The van der Waals surface area contributed by atoms with Gasteiger partial charge in [0.1, 0.15) is 17.1 Å². The standard InChI is InChI=1S/C22H26N4O4/c1-5-8-16-19-20(26(4)25-16)22(28)24-21(23-19)15-13-14(9-11-17(15)29-6-2)10-12-18(27)30-7-3/h9-13H,5-8H2,1-4H3,(H,23,24,28)/b12-10+. The molecule has 0 spiro atoms. The van der Waals surface area contributed by atoms with E-state index in [0.29, 0.717) is 41.4 Å². The Morgan fingerprint density at radius 2 is 2.03 bits per heavy atom. The highest BCUT2D eigenvalue weighted by molar-refractivity contribution is 5.87. The van der Waals surface area contributed by atoms with Gasteiger partial charge in [-0.2, -0.15) is 5.10 Å². The Morgan fingerprint density at radius 1 is 1.23 bits per heavy atom. The van der Waals surface area contributed by atoms with E-state index in [1.54, 1.807) is 30.8 Å². The zero-order chi connectivity index (χ0) is 21.7. The maximum Gasteiger partial charge on any atom is 0.330 e. The van der Waals surface area contributed by atoms with Crippen molar-refractivity contribution in [3.63, 3.8) is 0 Å². The molecule has 0 unspecified atom stereocenters. The normalized spacial score (nSPS) is 11.3. The van der Waals surface area contributed by atoms with Crippen molar-refractivity contribution in [2.45, 2.75) is 33.6 Å². The number of nitrogens with one attached hydrogen (secondary N) is 1. The molecule has 2 aromatic heterocycles. The Bertz CT molecular complexity index is 1140. The zero-order valence-electron chi connectivity index (χ0n) is 17.7. The minimum atomic E-state index is -0.416. The van der Waals surface area contributed by atoms with Crippen molar-refractivity contribution in [1.82, 2.24) is 19.7 Å². The molecule has 0 aliphatic heterocycles. The summed E-state index contributed by atoms with van der Waals surface area (Å²) in [4.78, 5) is 32.0. The quantitative estimate of drug-likeness (QED) is 0.452. The molecule has 0 radical (unpaired) electrons. The summed E-state index contributed by atoms with van der Waals surface area (Å²) in [6.45, 7) is 6.48. The first-order chi connectivity index (χ1) is 14.5. The number of carbonyl (C=O) groups excluding carboxylic acids is 1. The van der Waals surface area contributed by atoms with E-state index in [0.717, 1.165) is 24.1 Å². The lowest BCUT2D eigenvalue weighted by atomic mass is 10.1. The minimum Gasteiger partial charge on any atom is -0.493 e. The molecule has 158 valence electrons. The lowest BCUT2D eigenvalue weighted by molar-refractivity contribution is -0.137. The smallest absolute Gasteiger partial charge is 0.330 e. The summed E-state index contributed by atoms with van der Waals surface area (Å²) in [5.41, 5.74) is 2.95. The number of nitrogens with zero attached hydrogens (tertiary/aromatic N) is 3. The van der Waals surface area contributed by atoms with Gasteiger partial charge in [-0.05, 0) is 44.0 Å². The van der Waals surface area contributed by atoms with E-state index in [9.17, 15) is 9.59 Å². The molecule has 0 amide bonds. The van der Waals surface area contributed by atoms with Crippen molar-refractivity contribution < 1.29 is 14.3 Å². The topological polar surface area (TPSA) is 99.1 Å². The highest BCUT2D eigenvalue weighted by Gasteiger charge is 2.17. The first-order valence-corrected chi connectivity index (χ1v) is 10.1. The number of aromatic nitrogens is 4. The number of rotatable bonds is 8. The molecular weight excluding hydrogens is 384 g/mol. The summed E-state index contributed by atoms with van der Waals surface area (Å²) in [6, 6.07) is 5.44. The molecule has 8 heteroatoms. The number of H-pyrrole nitrogens is 1. The van der Waals surface area contributed by atoms with Gasteiger partial charge in [0.15, 0.2) is 5.52 Å². The van der Waals surface area contributed by atoms with Crippen LogP contribution in [0.1, 0.15) is 38.4 Å². The average Bonchev–Trinajstić information content (AvgIpc) is 3.03. The van der Waals surface area contributed by atoms with E-state index in [1.807, 2.05) is 19.1 Å². The van der Waals surface area contributed by atoms with Gasteiger partial charge < -0.3 is 14.5 Å². The van der Waals surface area contributed by atoms with E-state index in [2.05, 4.69) is 17.0 Å². The van der Waals surface area contributed by atoms with Crippen molar-refractivity contribution in [3.8, 4) is 17.1 Å². The minimum absolute atomic E-state index is 0.262. The number of carbonyl (C=O) groups is 1. The fourth-order valence-electron chi connectivity index (χ4n) is 3.25. The molecule has 30 heavy (non-hydrogen) atoms. The SMILES string of the molecule is CCCc1nn(C)c2c(=O)[nH]c(-c3cc(/C=C/C(=O)OCC)ccc3OCC)nc12. The highest BCUT2D eigenvalue weighted by Crippen LogP contribution is 2.30. The Labute approximate surface area is 174 Å². The number of aryl methyl sites for hydroxylation is 2. The van der Waals surface area contributed by atoms with E-state index in [1.165, 1.54) is 6.08 Å². The third-order valence-electron chi connectivity index (χ3n) is 4.51. The predicted molar refractivity (Wildman–Crippen MR) is 115 cm³/mol. The number of hydrogen-bond donors (Lipinski definition) is 1. The Balaban J connectivity index is 2.13. The van der Waals surface area contributed by atoms with Gasteiger partial charge in [-0.3, -0.25) is 9.48 Å². The number of fused-ring (bicyclic) bond motifs is 1. The van der Waals surface area contributed by atoms with Crippen LogP contribution < -0.4 is 10.3 Å². The Morgan fingerprint density at radius 3 is 2.73 bits per heavy atom. The maximum atomic E-state index is 12.8. The predicted octanol–water partition coefficient (Wildman–Crippen LogP) is 3.25. The van der Waals surface area contributed by atoms with Crippen LogP contribution in [0.2, 0.25) is 0 Å². The van der Waals surface area contributed by atoms with Crippen molar-refractivity contribution >= 4 is 23.1 Å². The molecule has 3 rings (SSSR count). The summed E-state index contributed by atoms with van der Waals surface area (Å²) in [6.07, 6.45) is 4.64.